The van der Waals surface area contributed by atoms with Crippen molar-refractivity contribution >= 4 is 11.6 Å². The van der Waals surface area contributed by atoms with Crippen molar-refractivity contribution in [3.05, 3.63) is 29.3 Å². The maximum Gasteiger partial charge on any atom is 0.237 e. The second kappa shape index (κ2) is 4.07. The van der Waals surface area contributed by atoms with E-state index in [1.54, 1.807) is 11.0 Å². The van der Waals surface area contributed by atoms with Gasteiger partial charge in [0.1, 0.15) is 0 Å². The maximum absolute atomic E-state index is 12.7. The number of anilines is 1. The van der Waals surface area contributed by atoms with Crippen LogP contribution in [0.1, 0.15) is 24.0 Å². The predicted molar refractivity (Wildman–Crippen MR) is 73.0 cm³/mol. The van der Waals surface area contributed by atoms with Gasteiger partial charge in [-0.15, -0.1) is 0 Å². The first-order valence-electron chi connectivity index (χ1n) is 6.60. The summed E-state index contributed by atoms with van der Waals surface area (Å²) < 4.78 is 0. The molecular formula is C15H17N3O. The van der Waals surface area contributed by atoms with Gasteiger partial charge in [0, 0.05) is 12.7 Å². The molecule has 0 N–H and O–H groups in total. The summed E-state index contributed by atoms with van der Waals surface area (Å²) in [5, 5.41) is 9.07. The second-order valence-corrected chi connectivity index (χ2v) is 5.59. The van der Waals surface area contributed by atoms with Crippen LogP contribution in [0, 0.1) is 11.3 Å². The van der Waals surface area contributed by atoms with Crippen LogP contribution in [0.15, 0.2) is 18.2 Å². The topological polar surface area (TPSA) is 47.3 Å². The molecule has 0 saturated carbocycles. The SMILES string of the molecule is CN1CCC2(CC1)C(=O)N(C)c1ccc(C#N)cc12. The zero-order valence-corrected chi connectivity index (χ0v) is 11.3. The summed E-state index contributed by atoms with van der Waals surface area (Å²) in [4.78, 5) is 16.7. The van der Waals surface area contributed by atoms with E-state index >= 15 is 0 Å². The number of hydrogen-bond acceptors (Lipinski definition) is 3. The Morgan fingerprint density at radius 1 is 1.26 bits per heavy atom. The van der Waals surface area contributed by atoms with Gasteiger partial charge in [-0.3, -0.25) is 4.79 Å². The number of rotatable bonds is 0. The molecule has 1 amide bonds. The molecule has 1 aromatic carbocycles. The first-order chi connectivity index (χ1) is 9.08. The Bertz CT molecular complexity index is 580. The molecule has 1 saturated heterocycles. The number of likely N-dealkylation sites (N-methyl/N-ethyl adjacent to an activating group) is 1. The van der Waals surface area contributed by atoms with Crippen molar-refractivity contribution in [2.75, 3.05) is 32.1 Å². The zero-order valence-electron chi connectivity index (χ0n) is 11.3. The van der Waals surface area contributed by atoms with Crippen LogP contribution >= 0.6 is 0 Å². The van der Waals surface area contributed by atoms with Gasteiger partial charge in [0.15, 0.2) is 0 Å². The number of amides is 1. The monoisotopic (exact) mass is 255 g/mol. The van der Waals surface area contributed by atoms with Crippen LogP contribution in [0.2, 0.25) is 0 Å². The van der Waals surface area contributed by atoms with Gasteiger partial charge in [0.05, 0.1) is 17.0 Å². The fourth-order valence-electron chi connectivity index (χ4n) is 3.31. The molecule has 1 aromatic rings. The van der Waals surface area contributed by atoms with E-state index in [9.17, 15) is 4.79 Å². The lowest BCUT2D eigenvalue weighted by atomic mass is 9.73. The molecule has 19 heavy (non-hydrogen) atoms. The highest BCUT2D eigenvalue weighted by atomic mass is 16.2. The number of carbonyl (C=O) groups is 1. The van der Waals surface area contributed by atoms with E-state index in [4.69, 9.17) is 5.26 Å². The highest BCUT2D eigenvalue weighted by Gasteiger charge is 2.50. The average Bonchev–Trinajstić information content (AvgIpc) is 2.64. The fourth-order valence-corrected chi connectivity index (χ4v) is 3.31. The molecule has 0 unspecified atom stereocenters. The molecule has 0 atom stereocenters. The van der Waals surface area contributed by atoms with Crippen molar-refractivity contribution in [2.45, 2.75) is 18.3 Å². The molecule has 1 fully saturated rings. The van der Waals surface area contributed by atoms with Gasteiger partial charge in [0.25, 0.3) is 0 Å². The van der Waals surface area contributed by atoms with Crippen molar-refractivity contribution in [2.24, 2.45) is 0 Å². The van der Waals surface area contributed by atoms with Crippen LogP contribution in [0.25, 0.3) is 0 Å². The van der Waals surface area contributed by atoms with Gasteiger partial charge in [-0.1, -0.05) is 0 Å². The van der Waals surface area contributed by atoms with Gasteiger partial charge in [-0.05, 0) is 56.7 Å². The summed E-state index contributed by atoms with van der Waals surface area (Å²) in [5.41, 5.74) is 2.25. The molecule has 3 rings (SSSR count). The lowest BCUT2D eigenvalue weighted by Gasteiger charge is -2.36. The summed E-state index contributed by atoms with van der Waals surface area (Å²) in [6.45, 7) is 1.85. The van der Waals surface area contributed by atoms with Crippen LogP contribution in [-0.4, -0.2) is 38.0 Å². The molecule has 2 aliphatic heterocycles. The number of hydrogen-bond donors (Lipinski definition) is 0. The Morgan fingerprint density at radius 2 is 1.95 bits per heavy atom. The normalized spacial score (nSPS) is 21.5. The summed E-state index contributed by atoms with van der Waals surface area (Å²) >= 11 is 0. The lowest BCUT2D eigenvalue weighted by Crippen LogP contribution is -2.47. The Morgan fingerprint density at radius 3 is 2.58 bits per heavy atom. The second-order valence-electron chi connectivity index (χ2n) is 5.59. The minimum absolute atomic E-state index is 0.186. The zero-order chi connectivity index (χ0) is 13.6. The molecule has 1 spiro atoms. The number of carbonyl (C=O) groups excluding carboxylic acids is 1. The van der Waals surface area contributed by atoms with Crippen LogP contribution in [0.5, 0.6) is 0 Å². The van der Waals surface area contributed by atoms with Crippen molar-refractivity contribution in [1.82, 2.24) is 4.90 Å². The molecule has 2 aliphatic rings. The maximum atomic E-state index is 12.7. The highest BCUT2D eigenvalue weighted by Crippen LogP contribution is 2.47. The summed E-state index contributed by atoms with van der Waals surface area (Å²) in [5.74, 6) is 0.186. The van der Waals surface area contributed by atoms with Gasteiger partial charge < -0.3 is 9.80 Å². The molecular weight excluding hydrogens is 238 g/mol. The summed E-state index contributed by atoms with van der Waals surface area (Å²) in [6, 6.07) is 7.77. The van der Waals surface area contributed by atoms with Gasteiger partial charge in [-0.25, -0.2) is 0 Å². The largest absolute Gasteiger partial charge is 0.314 e. The lowest BCUT2D eigenvalue weighted by molar-refractivity contribution is -0.124. The molecule has 0 aromatic heterocycles. The summed E-state index contributed by atoms with van der Waals surface area (Å²) in [7, 11) is 3.92. The third kappa shape index (κ3) is 1.58. The van der Waals surface area contributed by atoms with Gasteiger partial charge in [0.2, 0.25) is 5.91 Å². The number of nitrogens with zero attached hydrogens (tertiary/aromatic N) is 3. The van der Waals surface area contributed by atoms with Crippen molar-refractivity contribution in [1.29, 1.82) is 5.26 Å². The molecule has 4 heteroatoms. The number of benzene rings is 1. The van der Waals surface area contributed by atoms with Crippen LogP contribution in [-0.2, 0) is 10.2 Å². The van der Waals surface area contributed by atoms with E-state index in [2.05, 4.69) is 18.0 Å². The van der Waals surface area contributed by atoms with Crippen LogP contribution in [0.4, 0.5) is 5.69 Å². The van der Waals surface area contributed by atoms with Gasteiger partial charge in [-0.2, -0.15) is 5.26 Å². The van der Waals surface area contributed by atoms with E-state index in [1.807, 2.05) is 19.2 Å². The number of likely N-dealkylation sites (tertiary alicyclic amines) is 1. The van der Waals surface area contributed by atoms with E-state index in [0.717, 1.165) is 37.2 Å². The Kier molecular flexibility index (Phi) is 2.61. The van der Waals surface area contributed by atoms with Gasteiger partial charge >= 0.3 is 0 Å². The Labute approximate surface area is 113 Å². The third-order valence-corrected chi connectivity index (χ3v) is 4.56. The highest BCUT2D eigenvalue weighted by molar-refractivity contribution is 6.08. The quantitative estimate of drug-likeness (QED) is 0.706. The minimum Gasteiger partial charge on any atom is -0.314 e. The summed E-state index contributed by atoms with van der Waals surface area (Å²) in [6.07, 6.45) is 1.68. The molecule has 98 valence electrons. The Balaban J connectivity index is 2.13. The standard InChI is InChI=1S/C15H17N3O/c1-17-7-5-15(6-8-17)12-9-11(10-16)3-4-13(12)18(2)14(15)19/h3-4,9H,5-8H2,1-2H3. The molecule has 4 nitrogen and oxygen atoms in total. The number of fused-ring (bicyclic) bond motifs is 2. The van der Waals surface area contributed by atoms with Crippen molar-refractivity contribution in [3.8, 4) is 6.07 Å². The van der Waals surface area contributed by atoms with E-state index in [-0.39, 0.29) is 5.91 Å². The molecule has 0 aliphatic carbocycles. The van der Waals surface area contributed by atoms with Crippen molar-refractivity contribution in [3.63, 3.8) is 0 Å². The van der Waals surface area contributed by atoms with Crippen LogP contribution in [0.3, 0.4) is 0 Å². The first-order valence-corrected chi connectivity index (χ1v) is 6.60. The average molecular weight is 255 g/mol. The molecule has 0 bridgehead atoms. The molecule has 2 heterocycles. The van der Waals surface area contributed by atoms with Crippen molar-refractivity contribution < 1.29 is 4.79 Å². The number of piperidine rings is 1. The smallest absolute Gasteiger partial charge is 0.237 e. The van der Waals surface area contributed by atoms with Crippen LogP contribution < -0.4 is 4.90 Å². The van der Waals surface area contributed by atoms with E-state index in [1.165, 1.54) is 0 Å². The number of nitriles is 1. The predicted octanol–water partition coefficient (Wildman–Crippen LogP) is 1.50. The first kappa shape index (κ1) is 12.2. The fraction of sp³-hybridized carbons (Fsp3) is 0.467. The van der Waals surface area contributed by atoms with E-state index < -0.39 is 5.41 Å². The minimum atomic E-state index is -0.399. The molecule has 0 radical (unpaired) electrons. The van der Waals surface area contributed by atoms with E-state index in [0.29, 0.717) is 5.56 Å². The third-order valence-electron chi connectivity index (χ3n) is 4.56. The Hall–Kier alpha value is -1.86.